The number of carbonyl (C=O) groups is 2. The van der Waals surface area contributed by atoms with Crippen molar-refractivity contribution in [3.05, 3.63) is 0 Å². The summed E-state index contributed by atoms with van der Waals surface area (Å²) in [6.45, 7) is 3.69. The summed E-state index contributed by atoms with van der Waals surface area (Å²) >= 11 is 0. The summed E-state index contributed by atoms with van der Waals surface area (Å²) in [5, 5.41) is 0. The molecule has 98 valence electrons. The van der Waals surface area contributed by atoms with E-state index in [0.717, 1.165) is 19.3 Å². The Balaban J connectivity index is 2.79. The standard InChI is InChI=1S/C12H23N3O2/c1-9(2)15(8-10(13)16)11(17)12(14)6-4-3-5-7-12/h9H,3-8,14H2,1-2H3,(H2,13,16). The van der Waals surface area contributed by atoms with Gasteiger partial charge in [0.15, 0.2) is 0 Å². The van der Waals surface area contributed by atoms with Crippen molar-refractivity contribution in [3.63, 3.8) is 0 Å². The second-order valence-electron chi connectivity index (χ2n) is 5.21. The molecule has 0 aromatic heterocycles. The Labute approximate surface area is 103 Å². The molecule has 0 spiro atoms. The zero-order valence-corrected chi connectivity index (χ0v) is 10.7. The van der Waals surface area contributed by atoms with Crippen molar-refractivity contribution in [2.24, 2.45) is 11.5 Å². The van der Waals surface area contributed by atoms with Gasteiger partial charge in [0.2, 0.25) is 11.8 Å². The van der Waals surface area contributed by atoms with Crippen molar-refractivity contribution in [2.45, 2.75) is 57.5 Å². The normalized spacial score (nSPS) is 19.1. The van der Waals surface area contributed by atoms with Gasteiger partial charge in [-0.2, -0.15) is 0 Å². The van der Waals surface area contributed by atoms with E-state index < -0.39 is 11.4 Å². The fourth-order valence-corrected chi connectivity index (χ4v) is 2.34. The second-order valence-corrected chi connectivity index (χ2v) is 5.21. The fraction of sp³-hybridized carbons (Fsp3) is 0.833. The van der Waals surface area contributed by atoms with Crippen LogP contribution in [0.25, 0.3) is 0 Å². The molecule has 5 nitrogen and oxygen atoms in total. The molecule has 1 fully saturated rings. The summed E-state index contributed by atoms with van der Waals surface area (Å²) in [4.78, 5) is 24.9. The van der Waals surface area contributed by atoms with E-state index in [1.54, 1.807) is 0 Å². The SMILES string of the molecule is CC(C)N(CC(N)=O)C(=O)C1(N)CCCCC1. The minimum Gasteiger partial charge on any atom is -0.368 e. The van der Waals surface area contributed by atoms with Gasteiger partial charge in [-0.05, 0) is 26.7 Å². The molecule has 0 bridgehead atoms. The third-order valence-electron chi connectivity index (χ3n) is 3.38. The molecular formula is C12H23N3O2. The molecule has 4 N–H and O–H groups in total. The fourth-order valence-electron chi connectivity index (χ4n) is 2.34. The topological polar surface area (TPSA) is 89.4 Å². The molecule has 0 heterocycles. The van der Waals surface area contributed by atoms with Gasteiger partial charge in [0.1, 0.15) is 0 Å². The van der Waals surface area contributed by atoms with Crippen molar-refractivity contribution in [1.82, 2.24) is 4.90 Å². The Kier molecular flexibility index (Phi) is 4.51. The van der Waals surface area contributed by atoms with Crippen molar-refractivity contribution in [1.29, 1.82) is 0 Å². The van der Waals surface area contributed by atoms with Crippen LogP contribution in [0.1, 0.15) is 46.0 Å². The highest BCUT2D eigenvalue weighted by atomic mass is 16.2. The van der Waals surface area contributed by atoms with E-state index in [1.165, 1.54) is 4.90 Å². The predicted octanol–water partition coefficient (Wildman–Crippen LogP) is 0.370. The molecule has 2 amide bonds. The molecule has 0 atom stereocenters. The predicted molar refractivity (Wildman–Crippen MR) is 66.0 cm³/mol. The number of nitrogens with zero attached hydrogens (tertiary/aromatic N) is 1. The highest BCUT2D eigenvalue weighted by Crippen LogP contribution is 2.28. The van der Waals surface area contributed by atoms with Crippen LogP contribution in [0.3, 0.4) is 0 Å². The van der Waals surface area contributed by atoms with Crippen LogP contribution >= 0.6 is 0 Å². The smallest absolute Gasteiger partial charge is 0.243 e. The Morgan fingerprint density at radius 1 is 1.24 bits per heavy atom. The minimum absolute atomic E-state index is 0.0462. The Bertz CT molecular complexity index is 296. The van der Waals surface area contributed by atoms with E-state index in [1.807, 2.05) is 13.8 Å². The lowest BCUT2D eigenvalue weighted by atomic mass is 9.81. The maximum atomic E-state index is 12.4. The lowest BCUT2D eigenvalue weighted by Gasteiger charge is -2.38. The van der Waals surface area contributed by atoms with Crippen LogP contribution in [0.4, 0.5) is 0 Å². The number of primary amides is 1. The summed E-state index contributed by atoms with van der Waals surface area (Å²) in [5.74, 6) is -0.627. The molecule has 0 aromatic rings. The Morgan fingerprint density at radius 3 is 2.18 bits per heavy atom. The van der Waals surface area contributed by atoms with Crippen molar-refractivity contribution in [2.75, 3.05) is 6.54 Å². The lowest BCUT2D eigenvalue weighted by molar-refractivity contribution is -0.142. The van der Waals surface area contributed by atoms with Gasteiger partial charge in [0.05, 0.1) is 12.1 Å². The molecular weight excluding hydrogens is 218 g/mol. The van der Waals surface area contributed by atoms with E-state index in [4.69, 9.17) is 11.5 Å². The van der Waals surface area contributed by atoms with E-state index in [0.29, 0.717) is 12.8 Å². The molecule has 1 aliphatic rings. The van der Waals surface area contributed by atoms with Crippen LogP contribution in [0.5, 0.6) is 0 Å². The summed E-state index contributed by atoms with van der Waals surface area (Å²) in [5.41, 5.74) is 10.5. The second kappa shape index (κ2) is 5.49. The third-order valence-corrected chi connectivity index (χ3v) is 3.38. The molecule has 0 saturated heterocycles. The number of hydrogen-bond donors (Lipinski definition) is 2. The van der Waals surface area contributed by atoms with Gasteiger partial charge in [-0.25, -0.2) is 0 Å². The minimum atomic E-state index is -0.794. The number of rotatable bonds is 4. The monoisotopic (exact) mass is 241 g/mol. The molecule has 1 saturated carbocycles. The van der Waals surface area contributed by atoms with Gasteiger partial charge in [-0.3, -0.25) is 9.59 Å². The van der Waals surface area contributed by atoms with Crippen LogP contribution in [0, 0.1) is 0 Å². The van der Waals surface area contributed by atoms with Crippen molar-refractivity contribution < 1.29 is 9.59 Å². The molecule has 0 aromatic carbocycles. The average molecular weight is 241 g/mol. The number of amides is 2. The van der Waals surface area contributed by atoms with Crippen LogP contribution in [0.2, 0.25) is 0 Å². The maximum absolute atomic E-state index is 12.4. The van der Waals surface area contributed by atoms with Gasteiger partial charge < -0.3 is 16.4 Å². The average Bonchev–Trinajstić information content (AvgIpc) is 2.25. The first kappa shape index (κ1) is 14.0. The zero-order chi connectivity index (χ0) is 13.1. The van der Waals surface area contributed by atoms with Gasteiger partial charge in [0, 0.05) is 6.04 Å². The number of carbonyl (C=O) groups excluding carboxylic acids is 2. The quantitative estimate of drug-likeness (QED) is 0.745. The van der Waals surface area contributed by atoms with E-state index in [2.05, 4.69) is 0 Å². The molecule has 1 rings (SSSR count). The molecule has 0 unspecified atom stereocenters. The van der Waals surface area contributed by atoms with Crippen LogP contribution in [-0.2, 0) is 9.59 Å². The van der Waals surface area contributed by atoms with Gasteiger partial charge in [-0.15, -0.1) is 0 Å². The lowest BCUT2D eigenvalue weighted by Crippen LogP contribution is -2.59. The van der Waals surface area contributed by atoms with Gasteiger partial charge in [0.25, 0.3) is 0 Å². The van der Waals surface area contributed by atoms with E-state index in [9.17, 15) is 9.59 Å². The number of nitrogens with two attached hydrogens (primary N) is 2. The zero-order valence-electron chi connectivity index (χ0n) is 10.7. The first-order chi connectivity index (χ1) is 7.87. The van der Waals surface area contributed by atoms with Gasteiger partial charge >= 0.3 is 0 Å². The number of hydrogen-bond acceptors (Lipinski definition) is 3. The van der Waals surface area contributed by atoms with Crippen molar-refractivity contribution >= 4 is 11.8 Å². The molecule has 0 radical (unpaired) electrons. The van der Waals surface area contributed by atoms with Crippen LogP contribution in [0.15, 0.2) is 0 Å². The van der Waals surface area contributed by atoms with E-state index in [-0.39, 0.29) is 18.5 Å². The molecule has 1 aliphatic carbocycles. The highest BCUT2D eigenvalue weighted by Gasteiger charge is 2.39. The third kappa shape index (κ3) is 3.43. The summed E-state index contributed by atoms with van der Waals surface area (Å²) in [6, 6.07) is -0.0580. The Morgan fingerprint density at radius 2 is 1.76 bits per heavy atom. The van der Waals surface area contributed by atoms with E-state index >= 15 is 0 Å². The summed E-state index contributed by atoms with van der Waals surface area (Å²) in [6.07, 6.45) is 4.49. The Hall–Kier alpha value is -1.10. The van der Waals surface area contributed by atoms with Crippen molar-refractivity contribution in [3.8, 4) is 0 Å². The maximum Gasteiger partial charge on any atom is 0.243 e. The van der Waals surface area contributed by atoms with Gasteiger partial charge in [-0.1, -0.05) is 19.3 Å². The largest absolute Gasteiger partial charge is 0.368 e. The molecule has 5 heteroatoms. The molecule has 17 heavy (non-hydrogen) atoms. The van der Waals surface area contributed by atoms with Crippen LogP contribution in [-0.4, -0.2) is 34.8 Å². The summed E-state index contributed by atoms with van der Waals surface area (Å²) in [7, 11) is 0. The molecule has 0 aliphatic heterocycles. The van der Waals surface area contributed by atoms with Crippen LogP contribution < -0.4 is 11.5 Å². The highest BCUT2D eigenvalue weighted by molar-refractivity contribution is 5.90. The first-order valence-electron chi connectivity index (χ1n) is 6.25. The summed E-state index contributed by atoms with van der Waals surface area (Å²) < 4.78 is 0. The first-order valence-corrected chi connectivity index (χ1v) is 6.25.